The Balaban J connectivity index is 1.37. The number of hydrogen-bond acceptors (Lipinski definition) is 8. The molecule has 0 bridgehead atoms. The molecular weight excluding hydrogens is 578 g/mol. The monoisotopic (exact) mass is 623 g/mol. The summed E-state index contributed by atoms with van der Waals surface area (Å²) >= 11 is 0. The fourth-order valence-corrected chi connectivity index (χ4v) is 6.77. The quantitative estimate of drug-likeness (QED) is 0.263. The van der Waals surface area contributed by atoms with E-state index >= 15 is 0 Å². The van der Waals surface area contributed by atoms with Crippen LogP contribution in [0.1, 0.15) is 89.8 Å². The van der Waals surface area contributed by atoms with Gasteiger partial charge in [0.1, 0.15) is 35.5 Å². The molecule has 2 saturated carbocycles. The summed E-state index contributed by atoms with van der Waals surface area (Å²) in [6.45, 7) is 9.22. The Bertz CT molecular complexity index is 1350. The number of aromatic nitrogens is 1. The average Bonchev–Trinajstić information content (AvgIpc) is 3.30. The number of carbonyl (C=O) groups excluding carboxylic acids is 3. The molecule has 12 heteroatoms. The third-order valence-corrected chi connectivity index (χ3v) is 9.42. The minimum atomic E-state index is -1.41. The van der Waals surface area contributed by atoms with Crippen molar-refractivity contribution >= 4 is 29.6 Å². The number of likely N-dealkylation sites (tertiary alicyclic amines) is 1. The number of nitrogens with one attached hydrogen (secondary N) is 2. The highest BCUT2D eigenvalue weighted by Crippen LogP contribution is 2.46. The highest BCUT2D eigenvalue weighted by molar-refractivity contribution is 6.00. The van der Waals surface area contributed by atoms with Crippen LogP contribution in [0.3, 0.4) is 0 Å². The molecule has 1 aromatic rings. The lowest BCUT2D eigenvalue weighted by Crippen LogP contribution is -2.59. The van der Waals surface area contributed by atoms with Gasteiger partial charge in [-0.3, -0.25) is 14.6 Å². The zero-order valence-corrected chi connectivity index (χ0v) is 26.4. The zero-order valence-electron chi connectivity index (χ0n) is 26.4. The van der Waals surface area contributed by atoms with Crippen molar-refractivity contribution in [3.8, 4) is 0 Å². The normalized spacial score (nSPS) is 27.8. The number of ether oxygens (including phenoxy) is 1. The molecule has 12 nitrogen and oxygen atoms in total. The predicted molar refractivity (Wildman–Crippen MR) is 165 cm³/mol. The van der Waals surface area contributed by atoms with Gasteiger partial charge < -0.3 is 30.2 Å². The van der Waals surface area contributed by atoms with Crippen LogP contribution in [-0.2, 0) is 30.4 Å². The number of carboxylic acids is 1. The lowest BCUT2D eigenvalue weighted by molar-refractivity contribution is -0.146. The van der Waals surface area contributed by atoms with Crippen LogP contribution in [0.5, 0.6) is 0 Å². The first-order chi connectivity index (χ1) is 21.4. The Morgan fingerprint density at radius 2 is 1.96 bits per heavy atom. The van der Waals surface area contributed by atoms with Gasteiger partial charge >= 0.3 is 12.1 Å². The van der Waals surface area contributed by atoms with Gasteiger partial charge in [-0.15, -0.1) is 6.58 Å². The maximum absolute atomic E-state index is 14.2. The molecule has 3 N–H and O–H groups in total. The van der Waals surface area contributed by atoms with Gasteiger partial charge in [-0.2, -0.15) is 0 Å². The maximum Gasteiger partial charge on any atom is 0.408 e. The van der Waals surface area contributed by atoms with E-state index < -0.39 is 53.0 Å². The number of fused-ring (bicyclic) bond motifs is 1. The number of amides is 3. The summed E-state index contributed by atoms with van der Waals surface area (Å²) in [5.74, 6) is -2.46. The molecule has 2 heterocycles. The van der Waals surface area contributed by atoms with Crippen molar-refractivity contribution in [2.24, 2.45) is 16.5 Å². The van der Waals surface area contributed by atoms with Gasteiger partial charge in [0.25, 0.3) is 0 Å². The fraction of sp³-hybridized carbons (Fsp3) is 0.636. The number of allylic oxidation sites excluding steroid dienone is 1. The minimum absolute atomic E-state index is 0.0326. The van der Waals surface area contributed by atoms with Crippen LogP contribution in [0.2, 0.25) is 0 Å². The molecule has 1 aromatic heterocycles. The predicted octanol–water partition coefficient (Wildman–Crippen LogP) is 3.73. The Labute approximate surface area is 264 Å². The van der Waals surface area contributed by atoms with E-state index in [9.17, 15) is 24.3 Å². The number of hydrogen-bond donors (Lipinski definition) is 3. The second-order valence-electron chi connectivity index (χ2n) is 13.8. The van der Waals surface area contributed by atoms with Crippen LogP contribution in [0.25, 0.3) is 0 Å². The molecule has 3 amide bonds. The van der Waals surface area contributed by atoms with Crippen molar-refractivity contribution in [3.05, 3.63) is 42.2 Å². The van der Waals surface area contributed by atoms with Crippen LogP contribution in [0.15, 0.2) is 36.1 Å². The van der Waals surface area contributed by atoms with Crippen molar-refractivity contribution in [1.82, 2.24) is 20.5 Å². The maximum atomic E-state index is 14.2. The highest BCUT2D eigenvalue weighted by Gasteiger charge is 2.62. The van der Waals surface area contributed by atoms with Crippen LogP contribution < -0.4 is 10.6 Å². The minimum Gasteiger partial charge on any atom is -0.479 e. The van der Waals surface area contributed by atoms with E-state index in [2.05, 4.69) is 27.4 Å². The molecular formula is C33H45N5O7. The molecule has 45 heavy (non-hydrogen) atoms. The summed E-state index contributed by atoms with van der Waals surface area (Å²) < 4.78 is 5.59. The van der Waals surface area contributed by atoms with Gasteiger partial charge in [0.05, 0.1) is 12.2 Å². The van der Waals surface area contributed by atoms with Gasteiger partial charge in [0.15, 0.2) is 0 Å². The number of aliphatic carboxylic acids is 1. The Morgan fingerprint density at radius 3 is 2.64 bits per heavy atom. The van der Waals surface area contributed by atoms with E-state index in [0.29, 0.717) is 18.6 Å². The Hall–Kier alpha value is -3.96. The van der Waals surface area contributed by atoms with E-state index in [1.165, 1.54) is 4.90 Å². The van der Waals surface area contributed by atoms with Gasteiger partial charge in [0.2, 0.25) is 11.8 Å². The molecule has 0 spiro atoms. The molecule has 0 unspecified atom stereocenters. The van der Waals surface area contributed by atoms with Gasteiger partial charge in [-0.25, -0.2) is 9.59 Å². The van der Waals surface area contributed by atoms with Crippen LogP contribution in [0.4, 0.5) is 4.79 Å². The van der Waals surface area contributed by atoms with Crippen molar-refractivity contribution in [2.45, 2.75) is 115 Å². The molecule has 0 aromatic carbocycles. The number of carbonyl (C=O) groups is 4. The molecule has 5 rings (SSSR count). The molecule has 3 aliphatic carbocycles. The number of oxime groups is 1. The summed E-state index contributed by atoms with van der Waals surface area (Å²) in [6, 6.07) is 1.86. The number of alkyl carbamates (subject to hydrolysis) is 1. The number of pyridine rings is 1. The molecule has 5 atom stereocenters. The third kappa shape index (κ3) is 7.15. The first-order valence-electron chi connectivity index (χ1n) is 16.0. The van der Waals surface area contributed by atoms with E-state index in [4.69, 9.17) is 9.57 Å². The summed E-state index contributed by atoms with van der Waals surface area (Å²) in [7, 11) is 0. The smallest absolute Gasteiger partial charge is 0.408 e. The average molecular weight is 624 g/mol. The third-order valence-electron chi connectivity index (χ3n) is 9.42. The van der Waals surface area contributed by atoms with Gasteiger partial charge in [-0.05, 0) is 80.8 Å². The fourth-order valence-electron chi connectivity index (χ4n) is 6.77. The zero-order chi connectivity index (χ0) is 32.4. The number of rotatable bonds is 10. The molecule has 1 aliphatic heterocycles. The van der Waals surface area contributed by atoms with E-state index in [1.807, 2.05) is 32.9 Å². The van der Waals surface area contributed by atoms with Crippen molar-refractivity contribution in [1.29, 1.82) is 0 Å². The largest absolute Gasteiger partial charge is 0.479 e. The first-order valence-corrected chi connectivity index (χ1v) is 16.0. The second kappa shape index (κ2) is 13.2. The number of aryl methyl sites for hydroxylation is 1. The lowest BCUT2D eigenvalue weighted by Gasteiger charge is -2.35. The molecule has 0 radical (unpaired) electrons. The first kappa shape index (κ1) is 32.4. The van der Waals surface area contributed by atoms with Crippen molar-refractivity contribution < 1.29 is 33.9 Å². The summed E-state index contributed by atoms with van der Waals surface area (Å²) in [6.07, 6.45) is 8.73. The SMILES string of the molecule is C=CC[C@@H]1C[C@]1(NC(=O)[C@@H]1C[C@@H](O/N=C2\CCCc3cccnc32)CN1C(=O)[C@@H](NC(=O)OC1CCCC1)C(C)(C)C)C(=O)O. The van der Waals surface area contributed by atoms with Gasteiger partial charge in [0, 0.05) is 12.6 Å². The molecule has 3 fully saturated rings. The molecule has 244 valence electrons. The van der Waals surface area contributed by atoms with E-state index in [1.54, 1.807) is 12.3 Å². The van der Waals surface area contributed by atoms with E-state index in [-0.39, 0.29) is 31.4 Å². The summed E-state index contributed by atoms with van der Waals surface area (Å²) in [5, 5.41) is 19.9. The number of carboxylic acid groups (broad SMARTS) is 1. The second-order valence-corrected chi connectivity index (χ2v) is 13.8. The molecule has 1 saturated heterocycles. The topological polar surface area (TPSA) is 160 Å². The van der Waals surface area contributed by atoms with Crippen LogP contribution in [0, 0.1) is 11.3 Å². The Kier molecular flexibility index (Phi) is 9.50. The standard InChI is InChI=1S/C33H45N5O7/c1-5-10-21-18-33(21,30(41)42)36-28(39)25-17-23(45-37-24-15-8-11-20-12-9-16-34-26(20)24)19-38(25)29(40)27(32(2,3)4)35-31(43)44-22-13-6-7-14-22/h5,9,12,16,21-23,25,27H,1,6-8,10-11,13-15,17-19H2,2-4H3,(H,35,43)(H,36,39)(H,41,42)/b37-24+/t21-,23-,25+,27-,33-/m1/s1. The highest BCUT2D eigenvalue weighted by atomic mass is 16.6. The van der Waals surface area contributed by atoms with E-state index in [0.717, 1.165) is 49.8 Å². The van der Waals surface area contributed by atoms with Crippen molar-refractivity contribution in [2.75, 3.05) is 6.54 Å². The van der Waals surface area contributed by atoms with Gasteiger partial charge in [-0.1, -0.05) is 38.1 Å². The van der Waals surface area contributed by atoms with Crippen LogP contribution >= 0.6 is 0 Å². The Morgan fingerprint density at radius 1 is 1.20 bits per heavy atom. The van der Waals surface area contributed by atoms with Crippen LogP contribution in [-0.4, -0.2) is 81.0 Å². The molecule has 4 aliphatic rings. The summed E-state index contributed by atoms with van der Waals surface area (Å²) in [5.41, 5.74) is 0.446. The van der Waals surface area contributed by atoms with Crippen molar-refractivity contribution in [3.63, 3.8) is 0 Å². The lowest BCUT2D eigenvalue weighted by atomic mass is 9.85. The summed E-state index contributed by atoms with van der Waals surface area (Å²) in [4.78, 5) is 65.0. The number of nitrogens with zero attached hydrogens (tertiary/aromatic N) is 3.